The smallest absolute Gasteiger partial charge is 0.253 e. The fourth-order valence-electron chi connectivity index (χ4n) is 2.92. The second-order valence-corrected chi connectivity index (χ2v) is 8.76. The van der Waals surface area contributed by atoms with Gasteiger partial charge in [-0.15, -0.1) is 11.3 Å². The molecule has 3 rings (SSSR count). The minimum absolute atomic E-state index is 0.263. The third kappa shape index (κ3) is 3.32. The molecule has 6 nitrogen and oxygen atoms in total. The fraction of sp³-hybridized carbons (Fsp3) is 0.438. The number of carbonyl (C=O) groups excluding carboxylic acids is 1. The predicted molar refractivity (Wildman–Crippen MR) is 91.1 cm³/mol. The van der Waals surface area contributed by atoms with Gasteiger partial charge in [0.1, 0.15) is 10.3 Å². The highest BCUT2D eigenvalue weighted by molar-refractivity contribution is 7.91. The molecule has 1 fully saturated rings. The van der Waals surface area contributed by atoms with Gasteiger partial charge >= 0.3 is 0 Å². The maximum atomic E-state index is 12.7. The maximum Gasteiger partial charge on any atom is 0.253 e. The highest BCUT2D eigenvalue weighted by atomic mass is 32.2. The molecule has 1 atom stereocenters. The summed E-state index contributed by atoms with van der Waals surface area (Å²) < 4.78 is 32.1. The van der Waals surface area contributed by atoms with E-state index in [1.165, 1.54) is 4.31 Å². The first-order valence-corrected chi connectivity index (χ1v) is 10.1. The van der Waals surface area contributed by atoms with Gasteiger partial charge in [0.25, 0.3) is 10.0 Å². The van der Waals surface area contributed by atoms with E-state index >= 15 is 0 Å². The van der Waals surface area contributed by atoms with Gasteiger partial charge in [-0.05, 0) is 23.4 Å². The normalized spacial score (nSPS) is 20.3. The van der Waals surface area contributed by atoms with Crippen LogP contribution in [-0.2, 0) is 27.8 Å². The summed E-state index contributed by atoms with van der Waals surface area (Å²) in [6, 6.07) is 2.47. The number of rotatable bonds is 6. The van der Waals surface area contributed by atoms with Crippen LogP contribution in [0.25, 0.3) is 0 Å². The van der Waals surface area contributed by atoms with Gasteiger partial charge in [-0.25, -0.2) is 8.42 Å². The molecular weight excluding hydrogens is 348 g/mol. The fourth-order valence-corrected chi connectivity index (χ4v) is 5.55. The topological polar surface area (TPSA) is 70.8 Å². The van der Waals surface area contributed by atoms with Crippen molar-refractivity contribution in [1.82, 2.24) is 9.21 Å². The lowest BCUT2D eigenvalue weighted by atomic mass is 10.1. The molecule has 1 unspecified atom stereocenters. The molecule has 8 heteroatoms. The average molecular weight is 367 g/mol. The van der Waals surface area contributed by atoms with E-state index in [2.05, 4.69) is 11.8 Å². The molecule has 129 valence electrons. The van der Waals surface area contributed by atoms with Crippen LogP contribution in [0.4, 0.5) is 0 Å². The lowest BCUT2D eigenvalue weighted by Crippen LogP contribution is -2.55. The molecule has 0 aliphatic carbocycles. The van der Waals surface area contributed by atoms with Gasteiger partial charge in [0.15, 0.2) is 0 Å². The summed E-state index contributed by atoms with van der Waals surface area (Å²) in [6.45, 7) is 3.88. The summed E-state index contributed by atoms with van der Waals surface area (Å²) in [5.41, 5.74) is 2.21. The molecular formula is C16H19N2O4S2. The van der Waals surface area contributed by atoms with Crippen LogP contribution in [0.1, 0.15) is 18.1 Å². The molecule has 1 aliphatic rings. The van der Waals surface area contributed by atoms with Gasteiger partial charge in [0.2, 0.25) is 6.29 Å². The van der Waals surface area contributed by atoms with Crippen LogP contribution < -0.4 is 0 Å². The Labute approximate surface area is 145 Å². The Morgan fingerprint density at radius 1 is 1.33 bits per heavy atom. The van der Waals surface area contributed by atoms with E-state index in [-0.39, 0.29) is 10.8 Å². The molecule has 0 N–H and O–H groups in total. The molecule has 2 aromatic rings. The first-order chi connectivity index (χ1) is 11.6. The van der Waals surface area contributed by atoms with E-state index in [9.17, 15) is 13.2 Å². The number of furan rings is 1. The summed E-state index contributed by atoms with van der Waals surface area (Å²) in [4.78, 5) is 13.5. The molecule has 1 saturated heterocycles. The Hall–Kier alpha value is -1.48. The summed E-state index contributed by atoms with van der Waals surface area (Å²) in [5.74, 6) is 0. The molecule has 0 bridgehead atoms. The molecule has 24 heavy (non-hydrogen) atoms. The third-order valence-electron chi connectivity index (χ3n) is 4.22. The average Bonchev–Trinajstić information content (AvgIpc) is 3.26. The van der Waals surface area contributed by atoms with Crippen molar-refractivity contribution in [3.8, 4) is 0 Å². The van der Waals surface area contributed by atoms with Gasteiger partial charge in [-0.1, -0.05) is 13.0 Å². The van der Waals surface area contributed by atoms with Crippen molar-refractivity contribution in [2.24, 2.45) is 0 Å². The van der Waals surface area contributed by atoms with Crippen molar-refractivity contribution in [2.75, 3.05) is 19.6 Å². The number of hydrogen-bond acceptors (Lipinski definition) is 6. The Morgan fingerprint density at radius 3 is 2.79 bits per heavy atom. The Balaban J connectivity index is 1.74. The van der Waals surface area contributed by atoms with Crippen LogP contribution in [0.2, 0.25) is 0 Å². The molecule has 3 heterocycles. The molecule has 0 saturated carbocycles. The van der Waals surface area contributed by atoms with Crippen LogP contribution in [0.3, 0.4) is 0 Å². The van der Waals surface area contributed by atoms with Crippen molar-refractivity contribution >= 4 is 27.6 Å². The van der Waals surface area contributed by atoms with Crippen molar-refractivity contribution in [1.29, 1.82) is 0 Å². The lowest BCUT2D eigenvalue weighted by molar-refractivity contribution is 0.156. The summed E-state index contributed by atoms with van der Waals surface area (Å²) >= 11 is 1.16. The minimum Gasteiger partial charge on any atom is -0.472 e. The maximum absolute atomic E-state index is 12.7. The second-order valence-electron chi connectivity index (χ2n) is 5.69. The highest BCUT2D eigenvalue weighted by Gasteiger charge is 2.37. The van der Waals surface area contributed by atoms with Gasteiger partial charge < -0.3 is 4.42 Å². The van der Waals surface area contributed by atoms with Crippen LogP contribution in [0.15, 0.2) is 38.7 Å². The number of aryl methyl sites for hydroxylation is 1. The molecule has 0 spiro atoms. The zero-order chi connectivity index (χ0) is 17.2. The molecule has 1 aliphatic heterocycles. The van der Waals surface area contributed by atoms with E-state index < -0.39 is 16.1 Å². The Bertz CT molecular complexity index is 783. The van der Waals surface area contributed by atoms with Crippen LogP contribution in [0, 0.1) is 0 Å². The monoisotopic (exact) mass is 367 g/mol. The van der Waals surface area contributed by atoms with Crippen LogP contribution >= 0.6 is 11.3 Å². The second kappa shape index (κ2) is 7.18. The standard InChI is InChI=1S/C16H19N2O4S2/c1-2-13-11-22-12-14(13)8-17-5-6-18(15(9-17)10-19)24(20,21)16-4-3-7-23-16/h3-4,7,11-12,15H,2,5-6,8-9H2,1H3. The van der Waals surface area contributed by atoms with Gasteiger partial charge in [0, 0.05) is 31.7 Å². The predicted octanol–water partition coefficient (Wildman–Crippen LogP) is 1.89. The third-order valence-corrected chi connectivity index (χ3v) is 7.50. The molecule has 0 amide bonds. The molecule has 1 radical (unpaired) electrons. The number of hydrogen-bond donors (Lipinski definition) is 0. The van der Waals surface area contributed by atoms with Crippen LogP contribution in [0.5, 0.6) is 0 Å². The molecule has 2 aromatic heterocycles. The first kappa shape index (κ1) is 17.3. The lowest BCUT2D eigenvalue weighted by Gasteiger charge is -2.37. The van der Waals surface area contributed by atoms with E-state index in [1.54, 1.807) is 30.0 Å². The van der Waals surface area contributed by atoms with Crippen molar-refractivity contribution in [2.45, 2.75) is 30.1 Å². The molecule has 0 aromatic carbocycles. The largest absolute Gasteiger partial charge is 0.472 e. The van der Waals surface area contributed by atoms with Crippen molar-refractivity contribution < 1.29 is 17.6 Å². The number of thiophene rings is 1. The van der Waals surface area contributed by atoms with Gasteiger partial charge in [-0.2, -0.15) is 4.31 Å². The Morgan fingerprint density at radius 2 is 2.12 bits per heavy atom. The minimum atomic E-state index is -3.63. The summed E-state index contributed by atoms with van der Waals surface area (Å²) in [7, 11) is -3.63. The first-order valence-electron chi connectivity index (χ1n) is 7.75. The van der Waals surface area contributed by atoms with E-state index in [4.69, 9.17) is 4.42 Å². The zero-order valence-corrected chi connectivity index (χ0v) is 15.0. The number of nitrogens with zero attached hydrogens (tertiary/aromatic N) is 2. The zero-order valence-electron chi connectivity index (χ0n) is 13.3. The number of sulfonamides is 1. The van der Waals surface area contributed by atoms with Crippen molar-refractivity contribution in [3.63, 3.8) is 0 Å². The van der Waals surface area contributed by atoms with Crippen molar-refractivity contribution in [3.05, 3.63) is 41.2 Å². The number of piperazine rings is 1. The summed E-state index contributed by atoms with van der Waals surface area (Å²) in [5, 5.41) is 1.72. The van der Waals surface area contributed by atoms with Crippen LogP contribution in [-0.4, -0.2) is 49.6 Å². The van der Waals surface area contributed by atoms with Gasteiger partial charge in [0.05, 0.1) is 12.5 Å². The van der Waals surface area contributed by atoms with E-state index in [0.717, 1.165) is 28.9 Å². The van der Waals surface area contributed by atoms with E-state index in [1.807, 2.05) is 6.29 Å². The highest BCUT2D eigenvalue weighted by Crippen LogP contribution is 2.25. The Kier molecular flexibility index (Phi) is 5.19. The van der Waals surface area contributed by atoms with Gasteiger partial charge in [-0.3, -0.25) is 9.69 Å². The quantitative estimate of drug-likeness (QED) is 0.780. The van der Waals surface area contributed by atoms with E-state index in [0.29, 0.717) is 19.6 Å². The summed E-state index contributed by atoms with van der Waals surface area (Å²) in [6.07, 6.45) is 6.22. The SMILES string of the molecule is CCc1cocc1CN1CCN(S(=O)(=O)c2cccs2)C([C]=O)C1.